The van der Waals surface area contributed by atoms with Gasteiger partial charge in [-0.2, -0.15) is 0 Å². The van der Waals surface area contributed by atoms with E-state index >= 15 is 0 Å². The van der Waals surface area contributed by atoms with E-state index < -0.39 is 17.1 Å². The zero-order chi connectivity index (χ0) is 8.70. The Hall–Kier alpha value is -0.610. The Morgan fingerprint density at radius 3 is 2.27 bits per heavy atom. The zero-order valence-corrected chi connectivity index (χ0v) is 6.50. The summed E-state index contributed by atoms with van der Waals surface area (Å²) >= 11 is 0. The number of carbonyl (C=O) groups is 1. The van der Waals surface area contributed by atoms with Crippen molar-refractivity contribution >= 4 is 5.97 Å². The number of aliphatic hydroxyl groups is 1. The molecule has 0 bridgehead atoms. The average Bonchev–Trinajstić information content (AvgIpc) is 2.08. The largest absolute Gasteiger partial charge is 0.480 e. The summed E-state index contributed by atoms with van der Waals surface area (Å²) in [5, 5.41) is 18.1. The smallest absolute Gasteiger partial charge is 0.323 e. The van der Waals surface area contributed by atoms with Crippen LogP contribution in [0.1, 0.15) is 26.2 Å². The number of carboxylic acids is 1. The van der Waals surface area contributed by atoms with Crippen LogP contribution in [0.5, 0.6) is 0 Å². The van der Waals surface area contributed by atoms with E-state index in [2.05, 4.69) is 0 Å². The Labute approximate surface area is 65.0 Å². The van der Waals surface area contributed by atoms with Crippen molar-refractivity contribution in [2.45, 2.75) is 37.3 Å². The van der Waals surface area contributed by atoms with Gasteiger partial charge in [-0.05, 0) is 19.8 Å². The highest BCUT2D eigenvalue weighted by Crippen LogP contribution is 2.35. The maximum Gasteiger partial charge on any atom is 0.323 e. The first kappa shape index (κ1) is 8.49. The van der Waals surface area contributed by atoms with Gasteiger partial charge in [0.15, 0.2) is 0 Å². The Morgan fingerprint density at radius 1 is 1.55 bits per heavy atom. The van der Waals surface area contributed by atoms with Crippen molar-refractivity contribution in [3.8, 4) is 0 Å². The van der Waals surface area contributed by atoms with E-state index in [0.717, 1.165) is 0 Å². The van der Waals surface area contributed by atoms with Crippen LogP contribution in [0.2, 0.25) is 0 Å². The van der Waals surface area contributed by atoms with Gasteiger partial charge in [-0.15, -0.1) is 0 Å². The molecule has 4 N–H and O–H groups in total. The second kappa shape index (κ2) is 2.19. The van der Waals surface area contributed by atoms with Crippen molar-refractivity contribution in [3.63, 3.8) is 0 Å². The Kier molecular flexibility index (Phi) is 1.69. The molecule has 0 aromatic heterocycles. The van der Waals surface area contributed by atoms with Crippen LogP contribution >= 0.6 is 0 Å². The Balaban J connectivity index is 2.73. The van der Waals surface area contributed by atoms with Gasteiger partial charge in [0.05, 0.1) is 5.60 Å². The third-order valence-corrected chi connectivity index (χ3v) is 2.23. The summed E-state index contributed by atoms with van der Waals surface area (Å²) < 4.78 is 0. The zero-order valence-electron chi connectivity index (χ0n) is 6.50. The maximum atomic E-state index is 10.6. The van der Waals surface area contributed by atoms with E-state index in [1.54, 1.807) is 6.92 Å². The lowest BCUT2D eigenvalue weighted by atomic mass is 9.96. The molecule has 64 valence electrons. The summed E-state index contributed by atoms with van der Waals surface area (Å²) in [5.74, 6) is -1.02. The normalized spacial score (nSPS) is 44.3. The summed E-state index contributed by atoms with van der Waals surface area (Å²) in [6.07, 6.45) is 0.973. The molecule has 4 heteroatoms. The molecule has 0 aromatic carbocycles. The highest BCUT2D eigenvalue weighted by Gasteiger charge is 2.47. The van der Waals surface area contributed by atoms with Crippen LogP contribution in [0.25, 0.3) is 0 Å². The van der Waals surface area contributed by atoms with Gasteiger partial charge in [-0.3, -0.25) is 4.79 Å². The van der Waals surface area contributed by atoms with Crippen molar-refractivity contribution < 1.29 is 15.0 Å². The molecule has 0 amide bonds. The number of rotatable bonds is 1. The van der Waals surface area contributed by atoms with Gasteiger partial charge in [0.25, 0.3) is 0 Å². The number of aliphatic carboxylic acids is 1. The summed E-state index contributed by atoms with van der Waals surface area (Å²) in [6, 6.07) is 0. The molecule has 0 saturated heterocycles. The lowest BCUT2D eigenvalue weighted by Gasteiger charge is -2.20. The second-order valence-corrected chi connectivity index (χ2v) is 3.64. The van der Waals surface area contributed by atoms with E-state index in [9.17, 15) is 9.90 Å². The molecule has 2 unspecified atom stereocenters. The SMILES string of the molecule is CC1(O)CCC(N)(C(=O)O)C1. The van der Waals surface area contributed by atoms with Crippen LogP contribution in [0.15, 0.2) is 0 Å². The Morgan fingerprint density at radius 2 is 2.09 bits per heavy atom. The van der Waals surface area contributed by atoms with E-state index in [1.807, 2.05) is 0 Å². The lowest BCUT2D eigenvalue weighted by Crippen LogP contribution is -2.46. The van der Waals surface area contributed by atoms with Crippen LogP contribution in [-0.2, 0) is 4.79 Å². The average molecular weight is 159 g/mol. The monoisotopic (exact) mass is 159 g/mol. The molecule has 2 atom stereocenters. The first-order chi connectivity index (χ1) is 4.86. The van der Waals surface area contributed by atoms with Crippen LogP contribution in [0.4, 0.5) is 0 Å². The molecule has 0 aromatic rings. The molecule has 0 spiro atoms. The summed E-state index contributed by atoms with van der Waals surface area (Å²) in [7, 11) is 0. The van der Waals surface area contributed by atoms with Crippen molar-refractivity contribution in [1.82, 2.24) is 0 Å². The first-order valence-corrected chi connectivity index (χ1v) is 3.60. The topological polar surface area (TPSA) is 83.5 Å². The van der Waals surface area contributed by atoms with Crippen LogP contribution in [0.3, 0.4) is 0 Å². The van der Waals surface area contributed by atoms with Crippen LogP contribution in [-0.4, -0.2) is 27.3 Å². The fraction of sp³-hybridized carbons (Fsp3) is 0.857. The van der Waals surface area contributed by atoms with Crippen molar-refractivity contribution in [2.24, 2.45) is 5.73 Å². The fourth-order valence-electron chi connectivity index (χ4n) is 1.53. The number of hydrogen-bond donors (Lipinski definition) is 3. The molecule has 4 nitrogen and oxygen atoms in total. The predicted octanol–water partition coefficient (Wildman–Crippen LogP) is -0.297. The van der Waals surface area contributed by atoms with Gasteiger partial charge in [0, 0.05) is 6.42 Å². The first-order valence-electron chi connectivity index (χ1n) is 3.60. The number of nitrogens with two attached hydrogens (primary N) is 1. The maximum absolute atomic E-state index is 10.6. The summed E-state index contributed by atoms with van der Waals surface area (Å²) in [5.41, 5.74) is 3.42. The molecule has 1 fully saturated rings. The molecule has 11 heavy (non-hydrogen) atoms. The molecule has 1 aliphatic rings. The molecule has 0 heterocycles. The molecular weight excluding hydrogens is 146 g/mol. The molecule has 0 aliphatic heterocycles. The predicted molar refractivity (Wildman–Crippen MR) is 39.0 cm³/mol. The van der Waals surface area contributed by atoms with Crippen molar-refractivity contribution in [1.29, 1.82) is 0 Å². The minimum atomic E-state index is -1.20. The van der Waals surface area contributed by atoms with E-state index in [0.29, 0.717) is 12.8 Å². The standard InChI is InChI=1S/C7H13NO3/c1-6(11)2-3-7(8,4-6)5(9)10/h11H,2-4,8H2,1H3,(H,9,10). The van der Waals surface area contributed by atoms with Gasteiger partial charge in [-0.25, -0.2) is 0 Å². The third-order valence-electron chi connectivity index (χ3n) is 2.23. The van der Waals surface area contributed by atoms with E-state index in [-0.39, 0.29) is 6.42 Å². The highest BCUT2D eigenvalue weighted by atomic mass is 16.4. The molecule has 1 aliphatic carbocycles. The quantitative estimate of drug-likeness (QED) is 0.490. The van der Waals surface area contributed by atoms with E-state index in [4.69, 9.17) is 10.8 Å². The molecular formula is C7H13NO3. The highest BCUT2D eigenvalue weighted by molar-refractivity contribution is 5.79. The van der Waals surface area contributed by atoms with Gasteiger partial charge in [0.2, 0.25) is 0 Å². The Bertz CT molecular complexity index is 190. The minimum absolute atomic E-state index is 0.148. The summed E-state index contributed by atoms with van der Waals surface area (Å²) in [6.45, 7) is 1.62. The van der Waals surface area contributed by atoms with Gasteiger partial charge in [0.1, 0.15) is 5.54 Å². The van der Waals surface area contributed by atoms with Gasteiger partial charge >= 0.3 is 5.97 Å². The lowest BCUT2D eigenvalue weighted by molar-refractivity contribution is -0.143. The summed E-state index contributed by atoms with van der Waals surface area (Å²) in [4.78, 5) is 10.6. The molecule has 1 saturated carbocycles. The minimum Gasteiger partial charge on any atom is -0.480 e. The number of carboxylic acid groups (broad SMARTS) is 1. The van der Waals surface area contributed by atoms with E-state index in [1.165, 1.54) is 0 Å². The van der Waals surface area contributed by atoms with Crippen molar-refractivity contribution in [3.05, 3.63) is 0 Å². The number of hydrogen-bond acceptors (Lipinski definition) is 3. The van der Waals surface area contributed by atoms with Crippen LogP contribution < -0.4 is 5.73 Å². The van der Waals surface area contributed by atoms with Gasteiger partial charge < -0.3 is 15.9 Å². The molecule has 0 radical (unpaired) electrons. The van der Waals surface area contributed by atoms with Crippen molar-refractivity contribution in [2.75, 3.05) is 0 Å². The second-order valence-electron chi connectivity index (χ2n) is 3.64. The third kappa shape index (κ3) is 1.52. The fourth-order valence-corrected chi connectivity index (χ4v) is 1.53. The van der Waals surface area contributed by atoms with Crippen LogP contribution in [0, 0.1) is 0 Å². The molecule has 1 rings (SSSR count). The van der Waals surface area contributed by atoms with Gasteiger partial charge in [-0.1, -0.05) is 0 Å².